The van der Waals surface area contributed by atoms with E-state index in [-0.39, 0.29) is 17.8 Å². The number of rotatable bonds is 4. The summed E-state index contributed by atoms with van der Waals surface area (Å²) in [5.41, 5.74) is -0.441. The maximum absolute atomic E-state index is 14.0. The minimum Gasteiger partial charge on any atom is -0.392 e. The summed E-state index contributed by atoms with van der Waals surface area (Å²) in [6.07, 6.45) is -0.364. The third-order valence-corrected chi connectivity index (χ3v) is 4.26. The van der Waals surface area contributed by atoms with Crippen LogP contribution >= 0.6 is 0 Å². The van der Waals surface area contributed by atoms with Gasteiger partial charge in [-0.15, -0.1) is 0 Å². The summed E-state index contributed by atoms with van der Waals surface area (Å²) < 4.78 is 14.0. The van der Waals surface area contributed by atoms with E-state index in [4.69, 9.17) is 0 Å². The van der Waals surface area contributed by atoms with E-state index in [0.29, 0.717) is 25.2 Å². The van der Waals surface area contributed by atoms with Crippen LogP contribution in [0.3, 0.4) is 0 Å². The van der Waals surface area contributed by atoms with Crippen LogP contribution in [-0.4, -0.2) is 59.6 Å². The lowest BCUT2D eigenvalue weighted by molar-refractivity contribution is -0.138. The van der Waals surface area contributed by atoms with Gasteiger partial charge in [0.25, 0.3) is 0 Å². The molecular weight excluding hydrogens is 283 g/mol. The molecular formula is C17H25FN2O2. The summed E-state index contributed by atoms with van der Waals surface area (Å²) >= 11 is 0. The Morgan fingerprint density at radius 2 is 1.86 bits per heavy atom. The number of piperazine rings is 1. The topological polar surface area (TPSA) is 43.8 Å². The molecule has 0 radical (unpaired) electrons. The minimum absolute atomic E-state index is 0.0469. The minimum atomic E-state index is -0.877. The average Bonchev–Trinajstić information content (AvgIpc) is 2.47. The Labute approximate surface area is 131 Å². The molecule has 2 rings (SSSR count). The highest BCUT2D eigenvalue weighted by molar-refractivity contribution is 5.87. The van der Waals surface area contributed by atoms with Crippen molar-refractivity contribution in [2.24, 2.45) is 0 Å². The fourth-order valence-electron chi connectivity index (χ4n) is 2.99. The van der Waals surface area contributed by atoms with Gasteiger partial charge in [-0.3, -0.25) is 9.69 Å². The van der Waals surface area contributed by atoms with Crippen LogP contribution in [-0.2, 0) is 10.2 Å². The molecule has 1 N–H and O–H groups in total. The molecule has 1 aromatic rings. The summed E-state index contributed by atoms with van der Waals surface area (Å²) in [7, 11) is 0. The van der Waals surface area contributed by atoms with Crippen molar-refractivity contribution in [2.45, 2.75) is 32.3 Å². The number of carbonyl (C=O) groups excluding carboxylic acids is 1. The van der Waals surface area contributed by atoms with Crippen LogP contribution in [0.15, 0.2) is 24.3 Å². The molecule has 1 aliphatic rings. The number of carbonyl (C=O) groups is 1. The fourth-order valence-corrected chi connectivity index (χ4v) is 2.99. The number of aliphatic hydroxyl groups is 1. The van der Waals surface area contributed by atoms with Crippen LogP contribution in [0.5, 0.6) is 0 Å². The summed E-state index contributed by atoms with van der Waals surface area (Å²) in [6.45, 7) is 8.64. The van der Waals surface area contributed by atoms with Gasteiger partial charge in [-0.2, -0.15) is 0 Å². The zero-order valence-corrected chi connectivity index (χ0v) is 13.6. The van der Waals surface area contributed by atoms with Gasteiger partial charge in [0.15, 0.2) is 0 Å². The lowest BCUT2D eigenvalue weighted by Gasteiger charge is -2.39. The van der Waals surface area contributed by atoms with Crippen molar-refractivity contribution in [3.05, 3.63) is 35.6 Å². The summed E-state index contributed by atoms with van der Waals surface area (Å²) in [5.74, 6) is -0.386. The van der Waals surface area contributed by atoms with Crippen molar-refractivity contribution in [2.75, 3.05) is 32.7 Å². The number of aliphatic hydroxyl groups excluding tert-OH is 1. The monoisotopic (exact) mass is 308 g/mol. The molecule has 1 aromatic carbocycles. The molecule has 4 nitrogen and oxygen atoms in total. The van der Waals surface area contributed by atoms with Gasteiger partial charge in [0.1, 0.15) is 5.82 Å². The molecule has 1 saturated heterocycles. The second-order valence-electron chi connectivity index (χ2n) is 6.55. The first-order valence-electron chi connectivity index (χ1n) is 7.77. The molecule has 1 aliphatic heterocycles. The van der Waals surface area contributed by atoms with Gasteiger partial charge in [-0.1, -0.05) is 18.2 Å². The Morgan fingerprint density at radius 3 is 2.41 bits per heavy atom. The molecule has 0 bridgehead atoms. The van der Waals surface area contributed by atoms with Crippen LogP contribution in [0.25, 0.3) is 0 Å². The molecule has 5 heteroatoms. The molecule has 122 valence electrons. The quantitative estimate of drug-likeness (QED) is 0.919. The highest BCUT2D eigenvalue weighted by Crippen LogP contribution is 2.28. The highest BCUT2D eigenvalue weighted by atomic mass is 19.1. The smallest absolute Gasteiger partial charge is 0.232 e. The summed E-state index contributed by atoms with van der Waals surface area (Å²) in [5, 5.41) is 9.42. The standard InChI is InChI=1S/C17H25FN2O2/c1-13(21)12-19-8-10-20(11-9-19)16(22)17(2,3)14-6-4-5-7-15(14)18/h4-7,13,21H,8-12H2,1-3H3/t13-/m1/s1. The molecule has 0 spiro atoms. The molecule has 0 aliphatic carbocycles. The Balaban J connectivity index is 2.04. The van der Waals surface area contributed by atoms with Crippen molar-refractivity contribution in [1.29, 1.82) is 0 Å². The highest BCUT2D eigenvalue weighted by Gasteiger charge is 2.36. The lowest BCUT2D eigenvalue weighted by Crippen LogP contribution is -2.54. The van der Waals surface area contributed by atoms with E-state index in [2.05, 4.69) is 4.90 Å². The Hall–Kier alpha value is -1.46. The molecule has 22 heavy (non-hydrogen) atoms. The second kappa shape index (κ2) is 6.75. The van der Waals surface area contributed by atoms with E-state index in [0.717, 1.165) is 13.1 Å². The lowest BCUT2D eigenvalue weighted by atomic mass is 9.82. The normalized spacial score (nSPS) is 18.3. The SMILES string of the molecule is C[C@@H](O)CN1CCN(C(=O)C(C)(C)c2ccccc2F)CC1. The molecule has 1 amide bonds. The first-order valence-corrected chi connectivity index (χ1v) is 7.77. The van der Waals surface area contributed by atoms with Crippen LogP contribution < -0.4 is 0 Å². The summed E-state index contributed by atoms with van der Waals surface area (Å²) in [6, 6.07) is 6.46. The first-order chi connectivity index (χ1) is 10.3. The Kier molecular flexibility index (Phi) is 5.19. The van der Waals surface area contributed by atoms with Gasteiger partial charge in [-0.05, 0) is 26.8 Å². The van der Waals surface area contributed by atoms with Crippen LogP contribution in [0.2, 0.25) is 0 Å². The van der Waals surface area contributed by atoms with Crippen molar-refractivity contribution in [3.8, 4) is 0 Å². The predicted molar refractivity (Wildman–Crippen MR) is 84.1 cm³/mol. The second-order valence-corrected chi connectivity index (χ2v) is 6.55. The largest absolute Gasteiger partial charge is 0.392 e. The van der Waals surface area contributed by atoms with Crippen LogP contribution in [0.1, 0.15) is 26.3 Å². The van der Waals surface area contributed by atoms with E-state index in [1.165, 1.54) is 6.07 Å². The number of hydrogen-bond donors (Lipinski definition) is 1. The predicted octanol–water partition coefficient (Wildman–Crippen LogP) is 1.63. The van der Waals surface area contributed by atoms with Crippen LogP contribution in [0.4, 0.5) is 4.39 Å². The zero-order chi connectivity index (χ0) is 16.3. The third-order valence-electron chi connectivity index (χ3n) is 4.26. The maximum Gasteiger partial charge on any atom is 0.232 e. The van der Waals surface area contributed by atoms with Crippen molar-refractivity contribution in [1.82, 2.24) is 9.80 Å². The maximum atomic E-state index is 14.0. The van der Waals surface area contributed by atoms with Gasteiger partial charge in [0, 0.05) is 38.3 Å². The number of halogens is 1. The van der Waals surface area contributed by atoms with Crippen LogP contribution in [0, 0.1) is 5.82 Å². The van der Waals surface area contributed by atoms with Gasteiger partial charge in [0.2, 0.25) is 5.91 Å². The number of benzene rings is 1. The van der Waals surface area contributed by atoms with E-state index in [1.54, 1.807) is 43.9 Å². The third kappa shape index (κ3) is 3.65. The van der Waals surface area contributed by atoms with E-state index in [9.17, 15) is 14.3 Å². The zero-order valence-electron chi connectivity index (χ0n) is 13.6. The van der Waals surface area contributed by atoms with Crippen molar-refractivity contribution < 1.29 is 14.3 Å². The van der Waals surface area contributed by atoms with Crippen molar-refractivity contribution >= 4 is 5.91 Å². The fraction of sp³-hybridized carbons (Fsp3) is 0.588. The number of nitrogens with zero attached hydrogens (tertiary/aromatic N) is 2. The Bertz CT molecular complexity index is 523. The summed E-state index contributed by atoms with van der Waals surface area (Å²) in [4.78, 5) is 16.7. The Morgan fingerprint density at radius 1 is 1.27 bits per heavy atom. The van der Waals surface area contributed by atoms with Gasteiger partial charge in [-0.25, -0.2) is 4.39 Å². The molecule has 1 heterocycles. The molecule has 1 fully saturated rings. The molecule has 0 saturated carbocycles. The molecule has 1 atom stereocenters. The first kappa shape index (κ1) is 16.9. The van der Waals surface area contributed by atoms with Crippen molar-refractivity contribution in [3.63, 3.8) is 0 Å². The van der Waals surface area contributed by atoms with Gasteiger partial charge < -0.3 is 10.0 Å². The molecule has 0 unspecified atom stereocenters. The average molecular weight is 308 g/mol. The van der Waals surface area contributed by atoms with E-state index in [1.807, 2.05) is 0 Å². The number of hydrogen-bond acceptors (Lipinski definition) is 3. The van der Waals surface area contributed by atoms with E-state index >= 15 is 0 Å². The molecule has 0 aromatic heterocycles. The van der Waals surface area contributed by atoms with E-state index < -0.39 is 5.41 Å². The van der Waals surface area contributed by atoms with Gasteiger partial charge >= 0.3 is 0 Å². The van der Waals surface area contributed by atoms with Gasteiger partial charge in [0.05, 0.1) is 11.5 Å². The number of β-amino-alcohol motifs (C(OH)–C–C–N with tert-alkyl or cyclic N) is 1. The number of amides is 1.